The highest BCUT2D eigenvalue weighted by atomic mass is 32.2. The average molecular weight is 423 g/mol. The van der Waals surface area contributed by atoms with Crippen LogP contribution in [0.5, 0.6) is 17.2 Å². The highest BCUT2D eigenvalue weighted by molar-refractivity contribution is 7.89. The molecular formula is C19H26N4O5S. The lowest BCUT2D eigenvalue weighted by Crippen LogP contribution is -2.30. The monoisotopic (exact) mass is 422 g/mol. The number of nitrogens with zero attached hydrogens (tertiary/aromatic N) is 3. The molecule has 0 saturated heterocycles. The fourth-order valence-electron chi connectivity index (χ4n) is 2.71. The van der Waals surface area contributed by atoms with Gasteiger partial charge in [-0.05, 0) is 24.3 Å². The SMILES string of the molecule is CCN(CC)S(=O)(=O)c1ccc(NN=Cc2ccc(OC)c(OC)c2OC)nc1. The van der Waals surface area contributed by atoms with Gasteiger partial charge in [0, 0.05) is 24.8 Å². The molecule has 0 bridgehead atoms. The van der Waals surface area contributed by atoms with Gasteiger partial charge in [-0.15, -0.1) is 0 Å². The Labute approximate surface area is 171 Å². The molecule has 0 atom stereocenters. The van der Waals surface area contributed by atoms with Crippen LogP contribution in [0.25, 0.3) is 0 Å². The van der Waals surface area contributed by atoms with Gasteiger partial charge in [-0.3, -0.25) is 5.43 Å². The van der Waals surface area contributed by atoms with E-state index in [0.717, 1.165) is 0 Å². The predicted octanol–water partition coefficient (Wildman–Crippen LogP) is 2.58. The van der Waals surface area contributed by atoms with Crippen molar-refractivity contribution in [2.24, 2.45) is 5.10 Å². The van der Waals surface area contributed by atoms with Crippen molar-refractivity contribution in [1.29, 1.82) is 0 Å². The Bertz CT molecular complexity index is 942. The largest absolute Gasteiger partial charge is 0.493 e. The maximum atomic E-state index is 12.5. The van der Waals surface area contributed by atoms with Crippen molar-refractivity contribution in [3.05, 3.63) is 36.0 Å². The number of anilines is 1. The van der Waals surface area contributed by atoms with Crippen molar-refractivity contribution in [3.8, 4) is 17.2 Å². The van der Waals surface area contributed by atoms with E-state index in [9.17, 15) is 8.42 Å². The summed E-state index contributed by atoms with van der Waals surface area (Å²) in [7, 11) is 1.05. The minimum Gasteiger partial charge on any atom is -0.493 e. The van der Waals surface area contributed by atoms with Gasteiger partial charge in [-0.25, -0.2) is 13.4 Å². The van der Waals surface area contributed by atoms with Gasteiger partial charge in [0.1, 0.15) is 10.7 Å². The summed E-state index contributed by atoms with van der Waals surface area (Å²) in [5.41, 5.74) is 3.43. The molecule has 10 heteroatoms. The Kier molecular flexibility index (Phi) is 7.80. The van der Waals surface area contributed by atoms with Crippen LogP contribution in [-0.2, 0) is 10.0 Å². The zero-order valence-corrected chi connectivity index (χ0v) is 18.0. The molecule has 9 nitrogen and oxygen atoms in total. The van der Waals surface area contributed by atoms with Crippen molar-refractivity contribution in [2.75, 3.05) is 39.8 Å². The number of aromatic nitrogens is 1. The molecule has 2 aromatic rings. The van der Waals surface area contributed by atoms with Crippen LogP contribution in [0.2, 0.25) is 0 Å². The van der Waals surface area contributed by atoms with Gasteiger partial charge >= 0.3 is 0 Å². The summed E-state index contributed by atoms with van der Waals surface area (Å²) in [5.74, 6) is 1.88. The molecule has 0 unspecified atom stereocenters. The van der Waals surface area contributed by atoms with Gasteiger partial charge in [0.2, 0.25) is 15.8 Å². The van der Waals surface area contributed by atoms with E-state index < -0.39 is 10.0 Å². The summed E-state index contributed by atoms with van der Waals surface area (Å²) in [6, 6.07) is 6.57. The zero-order valence-electron chi connectivity index (χ0n) is 17.2. The molecule has 158 valence electrons. The molecule has 0 fully saturated rings. The van der Waals surface area contributed by atoms with Crippen molar-refractivity contribution in [1.82, 2.24) is 9.29 Å². The molecule has 29 heavy (non-hydrogen) atoms. The van der Waals surface area contributed by atoms with E-state index in [-0.39, 0.29) is 4.90 Å². The van der Waals surface area contributed by atoms with E-state index >= 15 is 0 Å². The highest BCUT2D eigenvalue weighted by Gasteiger charge is 2.21. The first-order chi connectivity index (χ1) is 13.9. The van der Waals surface area contributed by atoms with E-state index in [1.807, 2.05) is 0 Å². The number of hydrogen-bond acceptors (Lipinski definition) is 8. The number of sulfonamides is 1. The molecule has 0 spiro atoms. The number of ether oxygens (including phenoxy) is 3. The van der Waals surface area contributed by atoms with Crippen LogP contribution >= 0.6 is 0 Å². The first kappa shape index (κ1) is 22.4. The predicted molar refractivity (Wildman–Crippen MR) is 112 cm³/mol. The number of hydrogen-bond donors (Lipinski definition) is 1. The molecule has 1 heterocycles. The van der Waals surface area contributed by atoms with Crippen molar-refractivity contribution in [2.45, 2.75) is 18.7 Å². The van der Waals surface area contributed by atoms with E-state index in [2.05, 4.69) is 15.5 Å². The summed E-state index contributed by atoms with van der Waals surface area (Å²) in [4.78, 5) is 4.26. The second kappa shape index (κ2) is 10.1. The summed E-state index contributed by atoms with van der Waals surface area (Å²) >= 11 is 0. The average Bonchev–Trinajstić information content (AvgIpc) is 2.74. The number of methoxy groups -OCH3 is 3. The minimum absolute atomic E-state index is 0.136. The molecule has 0 aliphatic carbocycles. The zero-order chi connectivity index (χ0) is 21.4. The first-order valence-corrected chi connectivity index (χ1v) is 10.4. The standard InChI is InChI=1S/C19H26N4O5S/c1-6-23(7-2)29(24,25)15-9-11-17(20-13-15)22-21-12-14-8-10-16(26-3)19(28-5)18(14)27-4/h8-13H,6-7H2,1-5H3,(H,20,22). The van der Waals surface area contributed by atoms with Crippen LogP contribution in [0, 0.1) is 0 Å². The molecular weight excluding hydrogens is 396 g/mol. The third-order valence-electron chi connectivity index (χ3n) is 4.20. The smallest absolute Gasteiger partial charge is 0.244 e. The lowest BCUT2D eigenvalue weighted by molar-refractivity contribution is 0.324. The lowest BCUT2D eigenvalue weighted by Gasteiger charge is -2.18. The maximum Gasteiger partial charge on any atom is 0.244 e. The Morgan fingerprint density at radius 3 is 2.24 bits per heavy atom. The van der Waals surface area contributed by atoms with E-state index in [1.54, 1.807) is 45.4 Å². The van der Waals surface area contributed by atoms with Gasteiger partial charge < -0.3 is 14.2 Å². The van der Waals surface area contributed by atoms with Crippen LogP contribution < -0.4 is 19.6 Å². The normalized spacial score (nSPS) is 11.7. The van der Waals surface area contributed by atoms with Gasteiger partial charge in [0.15, 0.2) is 11.5 Å². The van der Waals surface area contributed by atoms with Gasteiger partial charge in [0.05, 0.1) is 27.5 Å². The fourth-order valence-corrected chi connectivity index (χ4v) is 4.11. The number of hydrazone groups is 1. The van der Waals surface area contributed by atoms with Crippen LogP contribution in [-0.4, -0.2) is 58.3 Å². The molecule has 0 aliphatic heterocycles. The lowest BCUT2D eigenvalue weighted by atomic mass is 10.2. The molecule has 0 amide bonds. The quantitative estimate of drug-likeness (QED) is 0.464. The third kappa shape index (κ3) is 4.96. The van der Waals surface area contributed by atoms with Crippen LogP contribution in [0.3, 0.4) is 0 Å². The number of nitrogens with one attached hydrogen (secondary N) is 1. The molecule has 1 aromatic heterocycles. The minimum atomic E-state index is -3.54. The summed E-state index contributed by atoms with van der Waals surface area (Å²) in [6.45, 7) is 4.38. The Balaban J connectivity index is 2.18. The van der Waals surface area contributed by atoms with E-state index in [4.69, 9.17) is 14.2 Å². The molecule has 0 saturated carbocycles. The third-order valence-corrected chi connectivity index (χ3v) is 6.23. The topological polar surface area (TPSA) is 102 Å². The van der Waals surface area contributed by atoms with E-state index in [1.165, 1.54) is 30.8 Å². The highest BCUT2D eigenvalue weighted by Crippen LogP contribution is 2.39. The Hall–Kier alpha value is -2.85. The second-order valence-electron chi connectivity index (χ2n) is 5.76. The fraction of sp³-hybridized carbons (Fsp3) is 0.368. The number of rotatable bonds is 10. The van der Waals surface area contributed by atoms with Crippen LogP contribution in [0.4, 0.5) is 5.82 Å². The molecule has 2 rings (SSSR count). The number of pyridine rings is 1. The molecule has 0 aliphatic rings. The Morgan fingerprint density at radius 2 is 1.72 bits per heavy atom. The van der Waals surface area contributed by atoms with Crippen LogP contribution in [0.1, 0.15) is 19.4 Å². The second-order valence-corrected chi connectivity index (χ2v) is 7.70. The van der Waals surface area contributed by atoms with Crippen molar-refractivity contribution in [3.63, 3.8) is 0 Å². The molecule has 0 radical (unpaired) electrons. The maximum absolute atomic E-state index is 12.5. The van der Waals surface area contributed by atoms with E-state index in [0.29, 0.717) is 41.7 Å². The summed E-state index contributed by atoms with van der Waals surface area (Å²) < 4.78 is 42.3. The van der Waals surface area contributed by atoms with Crippen LogP contribution in [0.15, 0.2) is 40.5 Å². The van der Waals surface area contributed by atoms with Gasteiger partial charge in [-0.2, -0.15) is 9.41 Å². The van der Waals surface area contributed by atoms with Gasteiger partial charge in [-0.1, -0.05) is 13.8 Å². The first-order valence-electron chi connectivity index (χ1n) is 8.97. The summed E-state index contributed by atoms with van der Waals surface area (Å²) in [5, 5.41) is 4.14. The molecule has 1 N–H and O–H groups in total. The van der Waals surface area contributed by atoms with Crippen molar-refractivity contribution >= 4 is 22.1 Å². The summed E-state index contributed by atoms with van der Waals surface area (Å²) in [6.07, 6.45) is 2.85. The van der Waals surface area contributed by atoms with Gasteiger partial charge in [0.25, 0.3) is 0 Å². The molecule has 1 aromatic carbocycles. The Morgan fingerprint density at radius 1 is 1.03 bits per heavy atom. The number of benzene rings is 1. The van der Waals surface area contributed by atoms with Crippen molar-refractivity contribution < 1.29 is 22.6 Å².